The highest BCUT2D eigenvalue weighted by Crippen LogP contribution is 2.26. The van der Waals surface area contributed by atoms with Crippen molar-refractivity contribution in [1.82, 2.24) is 29.9 Å². The number of hydrogen-bond donors (Lipinski definition) is 0. The molecule has 0 saturated carbocycles. The summed E-state index contributed by atoms with van der Waals surface area (Å²) < 4.78 is 0. The van der Waals surface area contributed by atoms with Crippen LogP contribution < -0.4 is 9.80 Å². The molecule has 0 saturated heterocycles. The maximum atomic E-state index is 5.91. The van der Waals surface area contributed by atoms with Crippen LogP contribution >= 0.6 is 23.2 Å². The highest BCUT2D eigenvalue weighted by molar-refractivity contribution is 6.29. The molecule has 0 radical (unpaired) electrons. The van der Waals surface area contributed by atoms with Gasteiger partial charge in [-0.1, -0.05) is 23.2 Å². The number of nitrogens with zero attached hydrogens (tertiary/aromatic N) is 8. The molecule has 0 unspecified atom stereocenters. The Kier molecular flexibility index (Phi) is 4.68. The first-order valence-corrected chi connectivity index (χ1v) is 7.55. The van der Waals surface area contributed by atoms with Gasteiger partial charge in [-0.3, -0.25) is 0 Å². The largest absolute Gasteiger partial charge is 0.314 e. The van der Waals surface area contributed by atoms with E-state index in [4.69, 9.17) is 23.2 Å². The minimum atomic E-state index is 0.355. The molecule has 8 nitrogen and oxygen atoms in total. The van der Waals surface area contributed by atoms with E-state index < -0.39 is 0 Å². The Labute approximate surface area is 148 Å². The Bertz CT molecular complexity index is 793. The Balaban J connectivity index is 1.91. The predicted octanol–water partition coefficient (Wildman–Crippen LogP) is 2.90. The molecule has 0 aliphatic heterocycles. The van der Waals surface area contributed by atoms with Crippen LogP contribution in [-0.4, -0.2) is 44.0 Å². The monoisotopic (exact) mass is 362 g/mol. The highest BCUT2D eigenvalue weighted by atomic mass is 35.5. The molecule has 3 heterocycles. The number of hydrogen-bond acceptors (Lipinski definition) is 8. The molecule has 0 bridgehead atoms. The normalized spacial score (nSPS) is 10.5. The van der Waals surface area contributed by atoms with Crippen molar-refractivity contribution in [3.8, 4) is 0 Å². The Morgan fingerprint density at radius 2 is 0.917 bits per heavy atom. The van der Waals surface area contributed by atoms with E-state index in [0.29, 0.717) is 33.6 Å². The number of aromatic nitrogens is 6. The van der Waals surface area contributed by atoms with E-state index in [2.05, 4.69) is 29.9 Å². The molecule has 0 aliphatic rings. The third-order valence-corrected chi connectivity index (χ3v) is 3.66. The first kappa shape index (κ1) is 16.3. The van der Waals surface area contributed by atoms with Crippen LogP contribution in [0.1, 0.15) is 0 Å². The molecule has 0 aromatic carbocycles. The number of anilines is 4. The van der Waals surface area contributed by atoms with Crippen molar-refractivity contribution in [3.63, 3.8) is 0 Å². The zero-order valence-electron chi connectivity index (χ0n) is 12.8. The van der Waals surface area contributed by atoms with Crippen LogP contribution in [0, 0.1) is 0 Å². The van der Waals surface area contributed by atoms with E-state index in [9.17, 15) is 0 Å². The van der Waals surface area contributed by atoms with Gasteiger partial charge in [0.1, 0.15) is 52.6 Å². The molecule has 0 amide bonds. The minimum Gasteiger partial charge on any atom is -0.314 e. The molecule has 10 heteroatoms. The van der Waals surface area contributed by atoms with Crippen molar-refractivity contribution in [2.45, 2.75) is 0 Å². The van der Waals surface area contributed by atoms with E-state index in [-0.39, 0.29) is 0 Å². The SMILES string of the molecule is CN(c1cc(Cl)ncn1)c1cc(N(C)c2cc(Cl)ncn2)ncn1. The van der Waals surface area contributed by atoms with Gasteiger partial charge in [0.15, 0.2) is 0 Å². The molecule has 3 aromatic heterocycles. The summed E-state index contributed by atoms with van der Waals surface area (Å²) in [6.07, 6.45) is 4.25. The smallest absolute Gasteiger partial charge is 0.139 e. The van der Waals surface area contributed by atoms with Gasteiger partial charge in [0, 0.05) is 32.3 Å². The second kappa shape index (κ2) is 6.90. The first-order chi connectivity index (χ1) is 11.5. The van der Waals surface area contributed by atoms with Crippen LogP contribution in [0.3, 0.4) is 0 Å². The Morgan fingerprint density at radius 3 is 1.29 bits per heavy atom. The second-order valence-electron chi connectivity index (χ2n) is 4.75. The average Bonchev–Trinajstić information content (AvgIpc) is 2.60. The molecule has 0 N–H and O–H groups in total. The minimum absolute atomic E-state index is 0.355. The van der Waals surface area contributed by atoms with Gasteiger partial charge in [-0.05, 0) is 0 Å². The fraction of sp³-hybridized carbons (Fsp3) is 0.143. The van der Waals surface area contributed by atoms with Gasteiger partial charge in [-0.2, -0.15) is 0 Å². The standard InChI is InChI=1S/C14H12Cl2N8/c1-23(11-3-9(15)17-6-19-11)13-5-14(22-8-21-13)24(2)12-4-10(16)18-7-20-12/h3-8H,1-2H3. The average molecular weight is 363 g/mol. The molecular formula is C14H12Cl2N8. The number of halogens is 2. The number of rotatable bonds is 4. The van der Waals surface area contributed by atoms with Crippen molar-refractivity contribution in [2.24, 2.45) is 0 Å². The van der Waals surface area contributed by atoms with Crippen molar-refractivity contribution in [3.05, 3.63) is 47.5 Å². The summed E-state index contributed by atoms with van der Waals surface area (Å²) in [4.78, 5) is 28.2. The summed E-state index contributed by atoms with van der Waals surface area (Å²) in [6, 6.07) is 5.10. The molecule has 3 rings (SSSR count). The first-order valence-electron chi connectivity index (χ1n) is 6.79. The van der Waals surface area contributed by atoms with E-state index in [1.54, 1.807) is 28.0 Å². The Morgan fingerprint density at radius 1 is 0.583 bits per heavy atom. The van der Waals surface area contributed by atoms with Crippen LogP contribution in [0.5, 0.6) is 0 Å². The highest BCUT2D eigenvalue weighted by Gasteiger charge is 2.13. The maximum absolute atomic E-state index is 5.91. The van der Waals surface area contributed by atoms with E-state index in [0.717, 1.165) is 0 Å². The van der Waals surface area contributed by atoms with Gasteiger partial charge in [0.25, 0.3) is 0 Å². The fourth-order valence-corrected chi connectivity index (χ4v) is 2.24. The van der Waals surface area contributed by atoms with Crippen LogP contribution in [-0.2, 0) is 0 Å². The lowest BCUT2D eigenvalue weighted by molar-refractivity contribution is 0.999. The van der Waals surface area contributed by atoms with Gasteiger partial charge >= 0.3 is 0 Å². The lowest BCUT2D eigenvalue weighted by atomic mass is 10.4. The third kappa shape index (κ3) is 3.50. The lowest BCUT2D eigenvalue weighted by Gasteiger charge is -2.20. The zero-order valence-corrected chi connectivity index (χ0v) is 14.3. The van der Waals surface area contributed by atoms with E-state index in [1.165, 1.54) is 19.0 Å². The fourth-order valence-electron chi connectivity index (χ4n) is 1.95. The van der Waals surface area contributed by atoms with Crippen LogP contribution in [0.25, 0.3) is 0 Å². The van der Waals surface area contributed by atoms with Crippen molar-refractivity contribution in [2.75, 3.05) is 23.9 Å². The van der Waals surface area contributed by atoms with E-state index in [1.807, 2.05) is 14.1 Å². The molecular weight excluding hydrogens is 351 g/mol. The molecule has 0 spiro atoms. The summed E-state index contributed by atoms with van der Waals surface area (Å²) in [5.41, 5.74) is 0. The van der Waals surface area contributed by atoms with E-state index >= 15 is 0 Å². The lowest BCUT2D eigenvalue weighted by Crippen LogP contribution is -2.16. The Hall–Kier alpha value is -2.58. The van der Waals surface area contributed by atoms with Gasteiger partial charge in [0.2, 0.25) is 0 Å². The van der Waals surface area contributed by atoms with Gasteiger partial charge in [-0.25, -0.2) is 29.9 Å². The molecule has 0 aliphatic carbocycles. The summed E-state index contributed by atoms with van der Waals surface area (Å²) in [7, 11) is 3.65. The summed E-state index contributed by atoms with van der Waals surface area (Å²) in [6.45, 7) is 0. The summed E-state index contributed by atoms with van der Waals surface area (Å²) in [5.74, 6) is 2.52. The second-order valence-corrected chi connectivity index (χ2v) is 5.52. The van der Waals surface area contributed by atoms with Gasteiger partial charge in [-0.15, -0.1) is 0 Å². The molecule has 0 atom stereocenters. The molecule has 3 aromatic rings. The van der Waals surface area contributed by atoms with Crippen molar-refractivity contribution in [1.29, 1.82) is 0 Å². The topological polar surface area (TPSA) is 83.8 Å². The predicted molar refractivity (Wildman–Crippen MR) is 92.2 cm³/mol. The maximum Gasteiger partial charge on any atom is 0.139 e. The molecule has 122 valence electrons. The van der Waals surface area contributed by atoms with Gasteiger partial charge in [0.05, 0.1) is 0 Å². The van der Waals surface area contributed by atoms with Crippen molar-refractivity contribution < 1.29 is 0 Å². The summed E-state index contributed by atoms with van der Waals surface area (Å²) in [5, 5.41) is 0.711. The van der Waals surface area contributed by atoms with Crippen molar-refractivity contribution >= 4 is 46.5 Å². The van der Waals surface area contributed by atoms with Crippen LogP contribution in [0.15, 0.2) is 37.2 Å². The van der Waals surface area contributed by atoms with Crippen LogP contribution in [0.4, 0.5) is 23.3 Å². The molecule has 0 fully saturated rings. The quantitative estimate of drug-likeness (QED) is 0.655. The third-order valence-electron chi connectivity index (χ3n) is 3.25. The van der Waals surface area contributed by atoms with Crippen LogP contribution in [0.2, 0.25) is 10.3 Å². The van der Waals surface area contributed by atoms with Gasteiger partial charge < -0.3 is 9.80 Å². The molecule has 24 heavy (non-hydrogen) atoms. The summed E-state index contributed by atoms with van der Waals surface area (Å²) >= 11 is 11.8. The zero-order chi connectivity index (χ0) is 17.1.